The molecule has 0 radical (unpaired) electrons. The summed E-state index contributed by atoms with van der Waals surface area (Å²) in [5.41, 5.74) is 4.58. The number of rotatable bonds is 1. The average Bonchev–Trinajstić information content (AvgIpc) is 1.97. The van der Waals surface area contributed by atoms with Gasteiger partial charge in [0.15, 0.2) is 0 Å². The first-order valence-electron chi connectivity index (χ1n) is 5.10. The van der Waals surface area contributed by atoms with Crippen LogP contribution in [0.5, 0.6) is 0 Å². The molecule has 2 heteroatoms. The standard InChI is InChI=1S/C12H20N2/c1-8-9(2)14-11(10(3)13-8)7-12(4,5)6/h7H2,1-6H3. The average molecular weight is 192 g/mol. The van der Waals surface area contributed by atoms with Gasteiger partial charge in [0.25, 0.3) is 0 Å². The van der Waals surface area contributed by atoms with Crippen molar-refractivity contribution in [1.29, 1.82) is 0 Å². The Morgan fingerprint density at radius 1 is 0.857 bits per heavy atom. The second-order valence-corrected chi connectivity index (χ2v) is 5.16. The van der Waals surface area contributed by atoms with Gasteiger partial charge in [0, 0.05) is 0 Å². The highest BCUT2D eigenvalue weighted by Crippen LogP contribution is 2.21. The van der Waals surface area contributed by atoms with E-state index in [1.807, 2.05) is 20.8 Å². The number of hydrogen-bond acceptors (Lipinski definition) is 2. The Morgan fingerprint density at radius 2 is 1.36 bits per heavy atom. The van der Waals surface area contributed by atoms with Crippen molar-refractivity contribution in [2.45, 2.75) is 48.0 Å². The van der Waals surface area contributed by atoms with Crippen molar-refractivity contribution in [3.05, 3.63) is 22.8 Å². The molecule has 0 N–H and O–H groups in total. The van der Waals surface area contributed by atoms with Gasteiger partial charge in [0.2, 0.25) is 0 Å². The smallest absolute Gasteiger partial charge is 0.0624 e. The van der Waals surface area contributed by atoms with Crippen LogP contribution in [0.2, 0.25) is 0 Å². The Kier molecular flexibility index (Phi) is 2.93. The third-order valence-electron chi connectivity index (χ3n) is 2.28. The molecule has 0 atom stereocenters. The zero-order valence-electron chi connectivity index (χ0n) is 10.1. The molecule has 1 rings (SSSR count). The molecule has 0 amide bonds. The van der Waals surface area contributed by atoms with Gasteiger partial charge in [0.05, 0.1) is 22.8 Å². The summed E-state index contributed by atoms with van der Waals surface area (Å²) < 4.78 is 0. The summed E-state index contributed by atoms with van der Waals surface area (Å²) in [5.74, 6) is 0. The molecular weight excluding hydrogens is 172 g/mol. The van der Waals surface area contributed by atoms with E-state index in [4.69, 9.17) is 0 Å². The van der Waals surface area contributed by atoms with Crippen LogP contribution in [-0.2, 0) is 6.42 Å². The summed E-state index contributed by atoms with van der Waals surface area (Å²) >= 11 is 0. The Balaban J connectivity index is 3.04. The minimum Gasteiger partial charge on any atom is -0.255 e. The van der Waals surface area contributed by atoms with Crippen LogP contribution < -0.4 is 0 Å². The first-order valence-corrected chi connectivity index (χ1v) is 5.10. The molecule has 0 bridgehead atoms. The van der Waals surface area contributed by atoms with Crippen LogP contribution in [0.25, 0.3) is 0 Å². The SMILES string of the molecule is Cc1nc(C)c(CC(C)(C)C)nc1C. The van der Waals surface area contributed by atoms with Crippen LogP contribution >= 0.6 is 0 Å². The van der Waals surface area contributed by atoms with E-state index in [0.29, 0.717) is 0 Å². The van der Waals surface area contributed by atoms with E-state index in [9.17, 15) is 0 Å². The summed E-state index contributed by atoms with van der Waals surface area (Å²) in [7, 11) is 0. The molecule has 1 aromatic heterocycles. The van der Waals surface area contributed by atoms with Crippen molar-refractivity contribution >= 4 is 0 Å². The first-order chi connectivity index (χ1) is 6.29. The minimum atomic E-state index is 0.279. The van der Waals surface area contributed by atoms with Gasteiger partial charge in [0.1, 0.15) is 0 Å². The zero-order valence-corrected chi connectivity index (χ0v) is 10.1. The summed E-state index contributed by atoms with van der Waals surface area (Å²) in [6.45, 7) is 12.8. The lowest BCUT2D eigenvalue weighted by atomic mass is 9.90. The number of hydrogen-bond donors (Lipinski definition) is 0. The van der Waals surface area contributed by atoms with Crippen molar-refractivity contribution in [3.63, 3.8) is 0 Å². The van der Waals surface area contributed by atoms with Gasteiger partial charge >= 0.3 is 0 Å². The third-order valence-corrected chi connectivity index (χ3v) is 2.28. The summed E-state index contributed by atoms with van der Waals surface area (Å²) in [6.07, 6.45) is 0.993. The van der Waals surface area contributed by atoms with Gasteiger partial charge < -0.3 is 0 Å². The quantitative estimate of drug-likeness (QED) is 0.683. The highest BCUT2D eigenvalue weighted by Gasteiger charge is 2.15. The Bertz CT molecular complexity index is 335. The molecule has 0 saturated heterocycles. The fourth-order valence-electron chi connectivity index (χ4n) is 1.43. The molecule has 0 aromatic carbocycles. The van der Waals surface area contributed by atoms with E-state index in [1.54, 1.807) is 0 Å². The second-order valence-electron chi connectivity index (χ2n) is 5.16. The lowest BCUT2D eigenvalue weighted by Gasteiger charge is -2.19. The van der Waals surface area contributed by atoms with Crippen LogP contribution in [-0.4, -0.2) is 9.97 Å². The van der Waals surface area contributed by atoms with Crippen molar-refractivity contribution in [2.75, 3.05) is 0 Å². The van der Waals surface area contributed by atoms with Crippen molar-refractivity contribution in [3.8, 4) is 0 Å². The molecule has 0 aliphatic heterocycles. The molecule has 78 valence electrons. The summed E-state index contributed by atoms with van der Waals surface area (Å²) in [4.78, 5) is 9.09. The maximum absolute atomic E-state index is 4.60. The molecule has 0 saturated carbocycles. The van der Waals surface area contributed by atoms with Crippen LogP contribution in [0.15, 0.2) is 0 Å². The van der Waals surface area contributed by atoms with Crippen LogP contribution in [0.1, 0.15) is 43.5 Å². The molecule has 14 heavy (non-hydrogen) atoms. The lowest BCUT2D eigenvalue weighted by Crippen LogP contribution is -2.13. The maximum atomic E-state index is 4.60. The van der Waals surface area contributed by atoms with Gasteiger partial charge in [-0.15, -0.1) is 0 Å². The van der Waals surface area contributed by atoms with E-state index in [1.165, 1.54) is 0 Å². The van der Waals surface area contributed by atoms with Crippen LogP contribution in [0.4, 0.5) is 0 Å². The molecule has 0 fully saturated rings. The van der Waals surface area contributed by atoms with Gasteiger partial charge in [-0.2, -0.15) is 0 Å². The zero-order chi connectivity index (χ0) is 10.9. The maximum Gasteiger partial charge on any atom is 0.0624 e. The number of nitrogens with zero attached hydrogens (tertiary/aromatic N) is 2. The molecule has 2 nitrogen and oxygen atoms in total. The monoisotopic (exact) mass is 192 g/mol. The van der Waals surface area contributed by atoms with Crippen molar-refractivity contribution in [2.24, 2.45) is 5.41 Å². The largest absolute Gasteiger partial charge is 0.255 e. The lowest BCUT2D eigenvalue weighted by molar-refractivity contribution is 0.404. The van der Waals surface area contributed by atoms with Gasteiger partial charge in [-0.05, 0) is 32.6 Å². The molecule has 1 aromatic rings. The Morgan fingerprint density at radius 3 is 1.86 bits per heavy atom. The van der Waals surface area contributed by atoms with E-state index in [2.05, 4.69) is 30.7 Å². The van der Waals surface area contributed by atoms with Crippen LogP contribution in [0, 0.1) is 26.2 Å². The summed E-state index contributed by atoms with van der Waals surface area (Å²) in [6, 6.07) is 0. The molecule has 0 spiro atoms. The predicted octanol–water partition coefficient (Wildman–Crippen LogP) is 2.99. The molecule has 0 aliphatic carbocycles. The van der Waals surface area contributed by atoms with Crippen LogP contribution in [0.3, 0.4) is 0 Å². The Labute approximate surface area is 86.8 Å². The number of aryl methyl sites for hydroxylation is 3. The topological polar surface area (TPSA) is 25.8 Å². The number of aromatic nitrogens is 2. The highest BCUT2D eigenvalue weighted by atomic mass is 14.8. The molecule has 0 unspecified atom stereocenters. The molecule has 1 heterocycles. The Hall–Kier alpha value is -0.920. The van der Waals surface area contributed by atoms with Gasteiger partial charge in [-0.3, -0.25) is 9.97 Å². The fourth-order valence-corrected chi connectivity index (χ4v) is 1.43. The third kappa shape index (κ3) is 2.79. The summed E-state index contributed by atoms with van der Waals surface area (Å²) in [5, 5.41) is 0. The first kappa shape index (κ1) is 11.2. The fraction of sp³-hybridized carbons (Fsp3) is 0.667. The van der Waals surface area contributed by atoms with E-state index in [-0.39, 0.29) is 5.41 Å². The predicted molar refractivity (Wildman–Crippen MR) is 59.4 cm³/mol. The minimum absolute atomic E-state index is 0.279. The highest BCUT2D eigenvalue weighted by molar-refractivity contribution is 5.18. The molecular formula is C12H20N2. The van der Waals surface area contributed by atoms with Gasteiger partial charge in [-0.25, -0.2) is 0 Å². The van der Waals surface area contributed by atoms with E-state index >= 15 is 0 Å². The van der Waals surface area contributed by atoms with Crippen molar-refractivity contribution in [1.82, 2.24) is 9.97 Å². The normalized spacial score (nSPS) is 11.9. The molecule has 0 aliphatic rings. The van der Waals surface area contributed by atoms with E-state index in [0.717, 1.165) is 29.2 Å². The van der Waals surface area contributed by atoms with Crippen molar-refractivity contribution < 1.29 is 0 Å². The van der Waals surface area contributed by atoms with Gasteiger partial charge in [-0.1, -0.05) is 20.8 Å². The second kappa shape index (κ2) is 3.68. The van der Waals surface area contributed by atoms with E-state index < -0.39 is 0 Å².